The number of methoxy groups -OCH3 is 2. The van der Waals surface area contributed by atoms with Crippen molar-refractivity contribution >= 4 is 28.2 Å². The van der Waals surface area contributed by atoms with Crippen molar-refractivity contribution in [2.24, 2.45) is 0 Å². The molecular formula is C24H28N4O3. The van der Waals surface area contributed by atoms with Crippen LogP contribution in [-0.4, -0.2) is 62.7 Å². The van der Waals surface area contributed by atoms with Crippen LogP contribution in [0.3, 0.4) is 0 Å². The fourth-order valence-electron chi connectivity index (χ4n) is 3.98. The highest BCUT2D eigenvalue weighted by Gasteiger charge is 2.21. The lowest BCUT2D eigenvalue weighted by Crippen LogP contribution is -2.46. The standard InChI is InChI=1S/C24H28N4O3/c1-4-27-11-13-28(14-12-27)23-19-8-6-5-7-18(19)20(16-25-23)24(29)26-21-10-9-17(30-2)15-22(21)31-3/h5-10,15-16H,4,11-14H2,1-3H3,(H,26,29). The second kappa shape index (κ2) is 9.22. The molecule has 4 rings (SSSR count). The summed E-state index contributed by atoms with van der Waals surface area (Å²) in [5, 5.41) is 4.83. The summed E-state index contributed by atoms with van der Waals surface area (Å²) in [7, 11) is 3.16. The molecule has 1 amide bonds. The molecule has 0 spiro atoms. The molecule has 1 aromatic heterocycles. The second-order valence-electron chi connectivity index (χ2n) is 7.48. The summed E-state index contributed by atoms with van der Waals surface area (Å²) >= 11 is 0. The monoisotopic (exact) mass is 420 g/mol. The summed E-state index contributed by atoms with van der Waals surface area (Å²) in [6.45, 7) is 7.15. The van der Waals surface area contributed by atoms with Crippen molar-refractivity contribution in [2.75, 3.05) is 57.2 Å². The molecule has 0 atom stereocenters. The van der Waals surface area contributed by atoms with Gasteiger partial charge >= 0.3 is 0 Å². The fourth-order valence-corrected chi connectivity index (χ4v) is 3.98. The zero-order valence-electron chi connectivity index (χ0n) is 18.2. The minimum Gasteiger partial charge on any atom is -0.497 e. The molecule has 7 nitrogen and oxygen atoms in total. The lowest BCUT2D eigenvalue weighted by molar-refractivity contribution is 0.102. The normalized spacial score (nSPS) is 14.5. The van der Waals surface area contributed by atoms with Gasteiger partial charge in [-0.05, 0) is 24.1 Å². The molecule has 3 aromatic rings. The zero-order valence-corrected chi connectivity index (χ0v) is 18.2. The van der Waals surface area contributed by atoms with Crippen LogP contribution in [0.2, 0.25) is 0 Å². The molecule has 1 aliphatic rings. The van der Waals surface area contributed by atoms with Gasteiger partial charge in [0.15, 0.2) is 0 Å². The van der Waals surface area contributed by atoms with Crippen molar-refractivity contribution in [3.05, 3.63) is 54.2 Å². The second-order valence-corrected chi connectivity index (χ2v) is 7.48. The molecule has 1 fully saturated rings. The molecule has 1 saturated heterocycles. The van der Waals surface area contributed by atoms with Gasteiger partial charge in [-0.15, -0.1) is 0 Å². The molecule has 31 heavy (non-hydrogen) atoms. The molecule has 1 N–H and O–H groups in total. The number of hydrogen-bond acceptors (Lipinski definition) is 6. The Morgan fingerprint density at radius 3 is 2.45 bits per heavy atom. The number of ether oxygens (including phenoxy) is 2. The number of benzene rings is 2. The number of amides is 1. The molecule has 0 bridgehead atoms. The van der Waals surface area contributed by atoms with E-state index in [4.69, 9.17) is 14.5 Å². The number of rotatable bonds is 6. The van der Waals surface area contributed by atoms with E-state index in [1.807, 2.05) is 24.3 Å². The predicted molar refractivity (Wildman–Crippen MR) is 124 cm³/mol. The Bertz CT molecular complexity index is 1080. The fraction of sp³-hybridized carbons (Fsp3) is 0.333. The number of carbonyl (C=O) groups is 1. The number of nitrogens with zero attached hydrogens (tertiary/aromatic N) is 3. The number of anilines is 2. The minimum atomic E-state index is -0.227. The Balaban J connectivity index is 1.64. The first-order chi connectivity index (χ1) is 15.1. The quantitative estimate of drug-likeness (QED) is 0.657. The van der Waals surface area contributed by atoms with E-state index in [2.05, 4.69) is 22.0 Å². The summed E-state index contributed by atoms with van der Waals surface area (Å²) in [5.41, 5.74) is 1.11. The third-order valence-electron chi connectivity index (χ3n) is 5.79. The van der Waals surface area contributed by atoms with Gasteiger partial charge in [0, 0.05) is 43.8 Å². The first-order valence-corrected chi connectivity index (χ1v) is 10.5. The van der Waals surface area contributed by atoms with Gasteiger partial charge in [-0.1, -0.05) is 31.2 Å². The van der Waals surface area contributed by atoms with Crippen molar-refractivity contribution in [1.82, 2.24) is 9.88 Å². The van der Waals surface area contributed by atoms with Crippen LogP contribution < -0.4 is 19.7 Å². The van der Waals surface area contributed by atoms with Crippen molar-refractivity contribution in [3.63, 3.8) is 0 Å². The van der Waals surface area contributed by atoms with Gasteiger partial charge in [0.25, 0.3) is 5.91 Å². The SMILES string of the molecule is CCN1CCN(c2ncc(C(=O)Nc3ccc(OC)cc3OC)c3ccccc23)CC1. The molecule has 0 unspecified atom stereocenters. The van der Waals surface area contributed by atoms with Crippen molar-refractivity contribution < 1.29 is 14.3 Å². The van der Waals surface area contributed by atoms with Crippen LogP contribution in [0.4, 0.5) is 11.5 Å². The van der Waals surface area contributed by atoms with Gasteiger partial charge in [0.1, 0.15) is 17.3 Å². The molecule has 0 radical (unpaired) electrons. The Morgan fingerprint density at radius 1 is 1.03 bits per heavy atom. The van der Waals surface area contributed by atoms with Gasteiger partial charge in [-0.25, -0.2) is 4.98 Å². The number of fused-ring (bicyclic) bond motifs is 1. The maximum absolute atomic E-state index is 13.2. The van der Waals surface area contributed by atoms with Crippen LogP contribution in [0.5, 0.6) is 11.5 Å². The average Bonchev–Trinajstić information content (AvgIpc) is 2.83. The maximum atomic E-state index is 13.2. The van der Waals surface area contributed by atoms with Crippen LogP contribution in [0.15, 0.2) is 48.7 Å². The van der Waals surface area contributed by atoms with Crippen molar-refractivity contribution in [3.8, 4) is 11.5 Å². The summed E-state index contributed by atoms with van der Waals surface area (Å²) in [6.07, 6.45) is 1.68. The topological polar surface area (TPSA) is 66.9 Å². The van der Waals surface area contributed by atoms with Gasteiger partial charge in [-0.3, -0.25) is 4.79 Å². The van der Waals surface area contributed by atoms with Crippen LogP contribution in [0.1, 0.15) is 17.3 Å². The van der Waals surface area contributed by atoms with Crippen LogP contribution in [-0.2, 0) is 0 Å². The largest absolute Gasteiger partial charge is 0.497 e. The Kier molecular flexibility index (Phi) is 6.23. The predicted octanol–water partition coefficient (Wildman–Crippen LogP) is 3.65. The molecule has 2 aromatic carbocycles. The molecule has 2 heterocycles. The first-order valence-electron chi connectivity index (χ1n) is 10.5. The van der Waals surface area contributed by atoms with Crippen LogP contribution in [0, 0.1) is 0 Å². The summed E-state index contributed by atoms with van der Waals surface area (Å²) in [5.74, 6) is 1.91. The average molecular weight is 421 g/mol. The number of likely N-dealkylation sites (N-methyl/N-ethyl adjacent to an activating group) is 1. The Morgan fingerprint density at radius 2 is 1.77 bits per heavy atom. The third-order valence-corrected chi connectivity index (χ3v) is 5.79. The van der Waals surface area contributed by atoms with E-state index in [0.717, 1.165) is 49.3 Å². The molecule has 1 aliphatic heterocycles. The summed E-state index contributed by atoms with van der Waals surface area (Å²) in [6, 6.07) is 13.2. The Labute approximate surface area is 182 Å². The minimum absolute atomic E-state index is 0.227. The molecule has 7 heteroatoms. The number of nitrogens with one attached hydrogen (secondary N) is 1. The first kappa shape index (κ1) is 20.9. The number of aromatic nitrogens is 1. The highest BCUT2D eigenvalue weighted by atomic mass is 16.5. The smallest absolute Gasteiger partial charge is 0.257 e. The number of pyridine rings is 1. The molecule has 0 saturated carbocycles. The van der Waals surface area contributed by atoms with E-state index < -0.39 is 0 Å². The lowest BCUT2D eigenvalue weighted by Gasteiger charge is -2.35. The van der Waals surface area contributed by atoms with Crippen molar-refractivity contribution in [1.29, 1.82) is 0 Å². The van der Waals surface area contributed by atoms with Gasteiger partial charge < -0.3 is 24.6 Å². The Hall–Kier alpha value is -3.32. The zero-order chi connectivity index (χ0) is 21.8. The van der Waals surface area contributed by atoms with E-state index >= 15 is 0 Å². The lowest BCUT2D eigenvalue weighted by atomic mass is 10.1. The van der Waals surface area contributed by atoms with E-state index in [1.165, 1.54) is 0 Å². The highest BCUT2D eigenvalue weighted by molar-refractivity contribution is 6.14. The van der Waals surface area contributed by atoms with E-state index in [-0.39, 0.29) is 5.91 Å². The third kappa shape index (κ3) is 4.27. The van der Waals surface area contributed by atoms with Gasteiger partial charge in [-0.2, -0.15) is 0 Å². The number of carbonyl (C=O) groups excluding carboxylic acids is 1. The van der Waals surface area contributed by atoms with Crippen molar-refractivity contribution in [2.45, 2.75) is 6.92 Å². The molecule has 0 aliphatic carbocycles. The van der Waals surface area contributed by atoms with Crippen LogP contribution in [0.25, 0.3) is 10.8 Å². The maximum Gasteiger partial charge on any atom is 0.257 e. The summed E-state index contributed by atoms with van der Waals surface area (Å²) in [4.78, 5) is 22.6. The van der Waals surface area contributed by atoms with Crippen LogP contribution >= 0.6 is 0 Å². The molecular weight excluding hydrogens is 392 g/mol. The van der Waals surface area contributed by atoms with Gasteiger partial charge in [0.2, 0.25) is 0 Å². The number of hydrogen-bond donors (Lipinski definition) is 1. The van der Waals surface area contributed by atoms with E-state index in [0.29, 0.717) is 22.7 Å². The molecule has 162 valence electrons. The number of piperazine rings is 1. The van der Waals surface area contributed by atoms with Gasteiger partial charge in [0.05, 0.1) is 25.5 Å². The van der Waals surface area contributed by atoms with E-state index in [9.17, 15) is 4.79 Å². The summed E-state index contributed by atoms with van der Waals surface area (Å²) < 4.78 is 10.6. The van der Waals surface area contributed by atoms with E-state index in [1.54, 1.807) is 38.6 Å². The highest BCUT2D eigenvalue weighted by Crippen LogP contribution is 2.31.